The van der Waals surface area contributed by atoms with Crippen molar-refractivity contribution < 1.29 is 9.59 Å². The maximum Gasteiger partial charge on any atom is 0.223 e. The first kappa shape index (κ1) is 13.9. The van der Waals surface area contributed by atoms with Crippen LogP contribution in [0.5, 0.6) is 0 Å². The van der Waals surface area contributed by atoms with E-state index in [1.807, 2.05) is 4.90 Å². The van der Waals surface area contributed by atoms with E-state index < -0.39 is 0 Å². The van der Waals surface area contributed by atoms with Crippen LogP contribution in [0.3, 0.4) is 0 Å². The number of hydrogen-bond donors (Lipinski definition) is 1. The number of hydrogen-bond acceptors (Lipinski definition) is 4. The van der Waals surface area contributed by atoms with Crippen molar-refractivity contribution in [2.24, 2.45) is 11.7 Å². The summed E-state index contributed by atoms with van der Waals surface area (Å²) in [5.41, 5.74) is 6.14. The van der Waals surface area contributed by atoms with Gasteiger partial charge in [0.25, 0.3) is 0 Å². The second-order valence-electron chi connectivity index (χ2n) is 5.43. The zero-order valence-electron chi connectivity index (χ0n) is 10.9. The fourth-order valence-corrected chi connectivity index (χ4v) is 3.70. The van der Waals surface area contributed by atoms with E-state index in [4.69, 9.17) is 5.73 Å². The maximum absolute atomic E-state index is 12.1. The average molecular weight is 270 g/mol. The van der Waals surface area contributed by atoms with Gasteiger partial charge in [0.2, 0.25) is 5.91 Å². The molecule has 1 saturated heterocycles. The van der Waals surface area contributed by atoms with E-state index in [0.717, 1.165) is 25.1 Å². The summed E-state index contributed by atoms with van der Waals surface area (Å²) in [6, 6.07) is 0.375. The zero-order valence-corrected chi connectivity index (χ0v) is 11.7. The van der Waals surface area contributed by atoms with Gasteiger partial charge in [-0.25, -0.2) is 0 Å². The van der Waals surface area contributed by atoms with Crippen molar-refractivity contribution in [2.75, 3.05) is 12.3 Å². The van der Waals surface area contributed by atoms with Crippen molar-refractivity contribution in [3.05, 3.63) is 0 Å². The fourth-order valence-electron chi connectivity index (χ4n) is 3.00. The summed E-state index contributed by atoms with van der Waals surface area (Å²) in [4.78, 5) is 25.0. The first-order valence-corrected chi connectivity index (χ1v) is 7.75. The van der Waals surface area contributed by atoms with Crippen molar-refractivity contribution in [2.45, 2.75) is 51.1 Å². The predicted octanol–water partition coefficient (Wildman–Crippen LogP) is 1.38. The Balaban J connectivity index is 1.90. The molecule has 1 heterocycles. The van der Waals surface area contributed by atoms with Crippen LogP contribution in [0.1, 0.15) is 39.0 Å². The van der Waals surface area contributed by atoms with Gasteiger partial charge in [-0.3, -0.25) is 9.59 Å². The quantitative estimate of drug-likeness (QED) is 0.841. The van der Waals surface area contributed by atoms with Gasteiger partial charge in [0, 0.05) is 37.7 Å². The molecule has 1 amide bonds. The molecule has 1 unspecified atom stereocenters. The smallest absolute Gasteiger partial charge is 0.223 e. The number of carbonyl (C=O) groups is 2. The standard InChI is InChI=1S/C13H22N2O2S/c1-9(16)18-8-10-6-13(17)15(7-10)12-5-3-2-4-11(12)14/h10-12H,2-8,14H2,1H3/t10?,11-,12-/m0/s1. The molecule has 0 aromatic carbocycles. The summed E-state index contributed by atoms with van der Waals surface area (Å²) < 4.78 is 0. The molecule has 2 N–H and O–H groups in total. The molecule has 0 aromatic rings. The third-order valence-electron chi connectivity index (χ3n) is 3.94. The van der Waals surface area contributed by atoms with E-state index in [2.05, 4.69) is 0 Å². The Morgan fingerprint density at radius 3 is 2.83 bits per heavy atom. The second-order valence-corrected chi connectivity index (χ2v) is 6.63. The van der Waals surface area contributed by atoms with Crippen molar-refractivity contribution in [3.63, 3.8) is 0 Å². The fraction of sp³-hybridized carbons (Fsp3) is 0.846. The highest BCUT2D eigenvalue weighted by Gasteiger charge is 2.37. The van der Waals surface area contributed by atoms with Crippen LogP contribution in [-0.2, 0) is 9.59 Å². The largest absolute Gasteiger partial charge is 0.338 e. The van der Waals surface area contributed by atoms with Crippen molar-refractivity contribution in [1.29, 1.82) is 0 Å². The van der Waals surface area contributed by atoms with Crippen LogP contribution in [0.15, 0.2) is 0 Å². The summed E-state index contributed by atoms with van der Waals surface area (Å²) in [7, 11) is 0. The van der Waals surface area contributed by atoms with Gasteiger partial charge in [0.15, 0.2) is 5.12 Å². The molecule has 1 aliphatic carbocycles. The third-order valence-corrected chi connectivity index (χ3v) is 4.99. The second kappa shape index (κ2) is 6.06. The molecule has 0 radical (unpaired) electrons. The first-order valence-electron chi connectivity index (χ1n) is 6.76. The minimum atomic E-state index is 0.135. The van der Waals surface area contributed by atoms with Crippen molar-refractivity contribution in [3.8, 4) is 0 Å². The lowest BCUT2D eigenvalue weighted by Crippen LogP contribution is -2.50. The number of carbonyl (C=O) groups excluding carboxylic acids is 2. The van der Waals surface area contributed by atoms with Crippen LogP contribution < -0.4 is 5.73 Å². The van der Waals surface area contributed by atoms with Gasteiger partial charge in [-0.05, 0) is 18.8 Å². The molecule has 5 heteroatoms. The van der Waals surface area contributed by atoms with Crippen LogP contribution in [0.25, 0.3) is 0 Å². The molecule has 0 aromatic heterocycles. The minimum Gasteiger partial charge on any atom is -0.338 e. The van der Waals surface area contributed by atoms with Gasteiger partial charge in [-0.1, -0.05) is 24.6 Å². The minimum absolute atomic E-state index is 0.135. The molecule has 0 bridgehead atoms. The van der Waals surface area contributed by atoms with Crippen molar-refractivity contribution in [1.82, 2.24) is 4.90 Å². The number of thioether (sulfide) groups is 1. The van der Waals surface area contributed by atoms with Crippen LogP contribution in [0.4, 0.5) is 0 Å². The van der Waals surface area contributed by atoms with E-state index in [-0.39, 0.29) is 23.1 Å². The zero-order chi connectivity index (χ0) is 13.1. The molecular formula is C13H22N2O2S. The predicted molar refractivity (Wildman–Crippen MR) is 73.2 cm³/mol. The molecule has 2 rings (SSSR count). The van der Waals surface area contributed by atoms with Gasteiger partial charge in [-0.15, -0.1) is 0 Å². The van der Waals surface area contributed by atoms with Gasteiger partial charge in [0.1, 0.15) is 0 Å². The lowest BCUT2D eigenvalue weighted by molar-refractivity contribution is -0.130. The Bertz CT molecular complexity index is 335. The highest BCUT2D eigenvalue weighted by atomic mass is 32.2. The number of rotatable bonds is 3. The maximum atomic E-state index is 12.1. The van der Waals surface area contributed by atoms with Gasteiger partial charge in [0.05, 0.1) is 0 Å². The molecule has 2 fully saturated rings. The third kappa shape index (κ3) is 3.26. The molecular weight excluding hydrogens is 248 g/mol. The van der Waals surface area contributed by atoms with Gasteiger partial charge < -0.3 is 10.6 Å². The van der Waals surface area contributed by atoms with Gasteiger partial charge in [-0.2, -0.15) is 0 Å². The summed E-state index contributed by atoms with van der Waals surface area (Å²) in [6.07, 6.45) is 5.02. The molecule has 1 aliphatic heterocycles. The van der Waals surface area contributed by atoms with E-state index >= 15 is 0 Å². The Kier molecular flexibility index (Phi) is 4.67. The van der Waals surface area contributed by atoms with Crippen LogP contribution in [0, 0.1) is 5.92 Å². The Morgan fingerprint density at radius 1 is 1.44 bits per heavy atom. The normalized spacial score (nSPS) is 32.9. The van der Waals surface area contributed by atoms with E-state index in [1.54, 1.807) is 6.92 Å². The Hall–Kier alpha value is -0.550. The summed E-state index contributed by atoms with van der Waals surface area (Å²) in [5.74, 6) is 1.31. The summed E-state index contributed by atoms with van der Waals surface area (Å²) in [5, 5.41) is 0.135. The van der Waals surface area contributed by atoms with Crippen LogP contribution in [0.2, 0.25) is 0 Å². The highest BCUT2D eigenvalue weighted by Crippen LogP contribution is 2.29. The number of amides is 1. The molecule has 2 aliphatic rings. The summed E-state index contributed by atoms with van der Waals surface area (Å²) in [6.45, 7) is 2.37. The molecule has 3 atom stereocenters. The molecule has 1 saturated carbocycles. The number of nitrogens with two attached hydrogens (primary N) is 1. The number of likely N-dealkylation sites (tertiary alicyclic amines) is 1. The lowest BCUT2D eigenvalue weighted by atomic mass is 9.90. The van der Waals surface area contributed by atoms with E-state index in [1.165, 1.54) is 24.6 Å². The van der Waals surface area contributed by atoms with E-state index in [9.17, 15) is 9.59 Å². The highest BCUT2D eigenvalue weighted by molar-refractivity contribution is 8.13. The SMILES string of the molecule is CC(=O)SCC1CC(=O)N([C@H]2CCCC[C@@H]2N)C1. The molecule has 0 spiro atoms. The monoisotopic (exact) mass is 270 g/mol. The van der Waals surface area contributed by atoms with Crippen LogP contribution >= 0.6 is 11.8 Å². The van der Waals surface area contributed by atoms with Crippen molar-refractivity contribution >= 4 is 22.8 Å². The van der Waals surface area contributed by atoms with Crippen LogP contribution in [-0.4, -0.2) is 40.3 Å². The van der Waals surface area contributed by atoms with E-state index in [0.29, 0.717) is 12.3 Å². The lowest BCUT2D eigenvalue weighted by Gasteiger charge is -2.36. The van der Waals surface area contributed by atoms with Gasteiger partial charge >= 0.3 is 0 Å². The summed E-state index contributed by atoms with van der Waals surface area (Å²) >= 11 is 1.33. The molecule has 4 nitrogen and oxygen atoms in total. The Morgan fingerprint density at radius 2 is 2.17 bits per heavy atom. The Labute approximate surface area is 113 Å². The molecule has 18 heavy (non-hydrogen) atoms. The topological polar surface area (TPSA) is 63.4 Å². The molecule has 102 valence electrons. The number of nitrogens with zero attached hydrogens (tertiary/aromatic N) is 1. The average Bonchev–Trinajstić information content (AvgIpc) is 2.69. The first-order chi connectivity index (χ1) is 8.58.